The van der Waals surface area contributed by atoms with Gasteiger partial charge in [0.1, 0.15) is 24.2 Å². The second-order valence-electron chi connectivity index (χ2n) is 7.99. The number of nitro groups is 1. The molecule has 1 amide bonds. The molecule has 0 aliphatic rings. The molecule has 0 saturated heterocycles. The molecule has 9 nitrogen and oxygen atoms in total. The van der Waals surface area contributed by atoms with E-state index in [0.29, 0.717) is 23.0 Å². The minimum atomic E-state index is -1.27. The van der Waals surface area contributed by atoms with Gasteiger partial charge in [0.25, 0.3) is 11.6 Å². The number of benzene rings is 2. The summed E-state index contributed by atoms with van der Waals surface area (Å²) in [6.45, 7) is 3.88. The van der Waals surface area contributed by atoms with E-state index in [1.807, 2.05) is 24.3 Å². The molecule has 0 fully saturated rings. The molecule has 3 aromatic rings. The van der Waals surface area contributed by atoms with Crippen LogP contribution in [0.2, 0.25) is 0 Å². The van der Waals surface area contributed by atoms with Crippen molar-refractivity contribution in [3.05, 3.63) is 93.4 Å². The third kappa shape index (κ3) is 6.21. The molecule has 0 bridgehead atoms. The van der Waals surface area contributed by atoms with E-state index in [1.165, 1.54) is 35.9 Å². The molecule has 2 aromatic carbocycles. The molecule has 34 heavy (non-hydrogen) atoms. The SMILES string of the molecule is CCC(C)c1ccc(OCc2ccc(C(=O)NC(CO)C(O)c3ccc([N+](=O)[O-])cc3)o2)cc1. The lowest BCUT2D eigenvalue weighted by atomic mass is 9.99. The number of amides is 1. The van der Waals surface area contributed by atoms with Crippen molar-refractivity contribution in [1.29, 1.82) is 0 Å². The summed E-state index contributed by atoms with van der Waals surface area (Å²) < 4.78 is 11.3. The highest BCUT2D eigenvalue weighted by Crippen LogP contribution is 2.23. The summed E-state index contributed by atoms with van der Waals surface area (Å²) in [4.78, 5) is 22.8. The highest BCUT2D eigenvalue weighted by Gasteiger charge is 2.24. The van der Waals surface area contributed by atoms with Crippen molar-refractivity contribution in [2.75, 3.05) is 6.61 Å². The van der Waals surface area contributed by atoms with E-state index in [0.717, 1.165) is 6.42 Å². The molecule has 180 valence electrons. The topological polar surface area (TPSA) is 135 Å². The van der Waals surface area contributed by atoms with Crippen LogP contribution >= 0.6 is 0 Å². The maximum atomic E-state index is 12.6. The first-order valence-corrected chi connectivity index (χ1v) is 11.0. The fourth-order valence-electron chi connectivity index (χ4n) is 3.35. The van der Waals surface area contributed by atoms with Crippen LogP contribution in [0.25, 0.3) is 0 Å². The van der Waals surface area contributed by atoms with Crippen LogP contribution in [0.4, 0.5) is 5.69 Å². The van der Waals surface area contributed by atoms with Gasteiger partial charge >= 0.3 is 0 Å². The van der Waals surface area contributed by atoms with E-state index in [9.17, 15) is 25.1 Å². The van der Waals surface area contributed by atoms with Crippen LogP contribution in [0.5, 0.6) is 5.75 Å². The van der Waals surface area contributed by atoms with Gasteiger partial charge in [-0.05, 0) is 59.9 Å². The Morgan fingerprint density at radius 2 is 1.74 bits per heavy atom. The molecular weight excluding hydrogens is 440 g/mol. The number of hydrogen-bond donors (Lipinski definition) is 3. The maximum Gasteiger partial charge on any atom is 0.287 e. The van der Waals surface area contributed by atoms with Crippen molar-refractivity contribution in [1.82, 2.24) is 5.32 Å². The van der Waals surface area contributed by atoms with Crippen molar-refractivity contribution in [3.8, 4) is 5.75 Å². The highest BCUT2D eigenvalue weighted by molar-refractivity contribution is 5.91. The molecule has 1 aromatic heterocycles. The van der Waals surface area contributed by atoms with E-state index in [4.69, 9.17) is 9.15 Å². The van der Waals surface area contributed by atoms with Crippen molar-refractivity contribution in [2.45, 2.75) is 44.9 Å². The number of ether oxygens (including phenoxy) is 1. The summed E-state index contributed by atoms with van der Waals surface area (Å²) >= 11 is 0. The molecule has 0 radical (unpaired) electrons. The predicted molar refractivity (Wildman–Crippen MR) is 125 cm³/mol. The van der Waals surface area contributed by atoms with Crippen LogP contribution in [0.1, 0.15) is 59.7 Å². The summed E-state index contributed by atoms with van der Waals surface area (Å²) in [5.41, 5.74) is 1.43. The third-order valence-corrected chi connectivity index (χ3v) is 5.67. The number of hydrogen-bond acceptors (Lipinski definition) is 7. The van der Waals surface area contributed by atoms with Crippen molar-refractivity contribution in [2.24, 2.45) is 0 Å². The zero-order valence-electron chi connectivity index (χ0n) is 19.0. The smallest absolute Gasteiger partial charge is 0.287 e. The number of non-ortho nitro benzene ring substituents is 1. The molecule has 1 heterocycles. The highest BCUT2D eigenvalue weighted by atomic mass is 16.6. The zero-order valence-corrected chi connectivity index (χ0v) is 19.0. The largest absolute Gasteiger partial charge is 0.486 e. The molecule has 3 N–H and O–H groups in total. The predicted octanol–water partition coefficient (Wildman–Crippen LogP) is 4.10. The van der Waals surface area contributed by atoms with Crippen molar-refractivity contribution in [3.63, 3.8) is 0 Å². The first-order chi connectivity index (χ1) is 16.3. The summed E-state index contributed by atoms with van der Waals surface area (Å²) in [6, 6.07) is 15.1. The van der Waals surface area contributed by atoms with Gasteiger partial charge in [0, 0.05) is 12.1 Å². The van der Waals surface area contributed by atoms with Gasteiger partial charge in [-0.25, -0.2) is 0 Å². The second kappa shape index (κ2) is 11.4. The van der Waals surface area contributed by atoms with Crippen molar-refractivity contribution >= 4 is 11.6 Å². The van der Waals surface area contributed by atoms with Gasteiger partial charge in [0.15, 0.2) is 5.76 Å². The lowest BCUT2D eigenvalue weighted by Gasteiger charge is -2.22. The summed E-state index contributed by atoms with van der Waals surface area (Å²) in [5.74, 6) is 0.972. The number of aliphatic hydroxyl groups excluding tert-OH is 2. The third-order valence-electron chi connectivity index (χ3n) is 5.67. The average molecular weight is 469 g/mol. The molecule has 3 atom stereocenters. The fraction of sp³-hybridized carbons (Fsp3) is 0.320. The minimum absolute atomic E-state index is 0.0000630. The lowest BCUT2D eigenvalue weighted by Crippen LogP contribution is -2.41. The number of nitrogens with zero attached hydrogens (tertiary/aromatic N) is 1. The van der Waals surface area contributed by atoms with Crippen LogP contribution in [-0.4, -0.2) is 33.7 Å². The van der Waals surface area contributed by atoms with Gasteiger partial charge in [0.05, 0.1) is 17.6 Å². The van der Waals surface area contributed by atoms with Gasteiger partial charge in [-0.3, -0.25) is 14.9 Å². The standard InChI is InChI=1S/C25H28N2O7/c1-3-16(2)17-6-10-20(11-7-17)33-15-21-12-13-23(34-21)25(30)26-22(14-28)24(29)18-4-8-19(9-5-18)27(31)32/h4-13,16,22,24,28-29H,3,14-15H2,1-2H3,(H,26,30). The Bertz CT molecular complexity index is 1090. The molecule has 9 heteroatoms. The molecule has 3 rings (SSSR count). The monoisotopic (exact) mass is 468 g/mol. The van der Waals surface area contributed by atoms with E-state index in [2.05, 4.69) is 19.2 Å². The van der Waals surface area contributed by atoms with Gasteiger partial charge in [-0.2, -0.15) is 0 Å². The van der Waals surface area contributed by atoms with Gasteiger partial charge < -0.3 is 24.7 Å². The fourth-order valence-corrected chi connectivity index (χ4v) is 3.35. The molecule has 3 unspecified atom stereocenters. The van der Waals surface area contributed by atoms with Crippen LogP contribution < -0.4 is 10.1 Å². The normalized spacial score (nSPS) is 13.6. The first-order valence-electron chi connectivity index (χ1n) is 11.0. The first kappa shape index (κ1) is 24.9. The Labute approximate surface area is 197 Å². The number of nitrogens with one attached hydrogen (secondary N) is 1. The quantitative estimate of drug-likeness (QED) is 0.285. The Kier molecular flexibility index (Phi) is 8.39. The maximum absolute atomic E-state index is 12.6. The van der Waals surface area contributed by atoms with E-state index >= 15 is 0 Å². The Hall–Kier alpha value is -3.69. The number of carbonyl (C=O) groups is 1. The van der Waals surface area contributed by atoms with Crippen LogP contribution in [-0.2, 0) is 6.61 Å². The lowest BCUT2D eigenvalue weighted by molar-refractivity contribution is -0.384. The molecular formula is C25H28N2O7. The summed E-state index contributed by atoms with van der Waals surface area (Å²) in [6.07, 6.45) is -0.217. The molecule has 0 spiro atoms. The molecule has 0 saturated carbocycles. The Morgan fingerprint density at radius 1 is 1.09 bits per heavy atom. The van der Waals surface area contributed by atoms with Crippen molar-refractivity contribution < 1.29 is 29.1 Å². The van der Waals surface area contributed by atoms with Gasteiger partial charge in [0.2, 0.25) is 0 Å². The van der Waals surface area contributed by atoms with Crippen LogP contribution in [0.15, 0.2) is 65.1 Å². The number of carbonyl (C=O) groups excluding carboxylic acids is 1. The number of aliphatic hydroxyl groups is 2. The Morgan fingerprint density at radius 3 is 2.32 bits per heavy atom. The second-order valence-corrected chi connectivity index (χ2v) is 7.99. The van der Waals surface area contributed by atoms with Gasteiger partial charge in [-0.15, -0.1) is 0 Å². The van der Waals surface area contributed by atoms with Crippen LogP contribution in [0, 0.1) is 10.1 Å². The Balaban J connectivity index is 1.57. The number of rotatable bonds is 11. The molecule has 0 aliphatic heterocycles. The van der Waals surface area contributed by atoms with Gasteiger partial charge in [-0.1, -0.05) is 26.0 Å². The number of furan rings is 1. The minimum Gasteiger partial charge on any atom is -0.486 e. The summed E-state index contributed by atoms with van der Waals surface area (Å²) in [7, 11) is 0. The van der Waals surface area contributed by atoms with Crippen LogP contribution in [0.3, 0.4) is 0 Å². The van der Waals surface area contributed by atoms with E-state index in [-0.39, 0.29) is 18.1 Å². The number of nitro benzene ring substituents is 1. The zero-order chi connectivity index (χ0) is 24.7. The van der Waals surface area contributed by atoms with E-state index in [1.54, 1.807) is 6.07 Å². The average Bonchev–Trinajstić information content (AvgIpc) is 3.34. The summed E-state index contributed by atoms with van der Waals surface area (Å²) in [5, 5.41) is 33.4. The van der Waals surface area contributed by atoms with E-state index < -0.39 is 29.6 Å². The molecule has 0 aliphatic carbocycles.